The van der Waals surface area contributed by atoms with Gasteiger partial charge in [0.25, 0.3) is 0 Å². The number of amides is 2. The summed E-state index contributed by atoms with van der Waals surface area (Å²) >= 11 is 1.44. The maximum Gasteiger partial charge on any atom is 0.249 e. The van der Waals surface area contributed by atoms with Crippen LogP contribution in [0.25, 0.3) is 0 Å². The van der Waals surface area contributed by atoms with E-state index < -0.39 is 27.9 Å². The molecule has 6 N–H and O–H groups in total. The summed E-state index contributed by atoms with van der Waals surface area (Å²) in [6, 6.07) is 11.9. The van der Waals surface area contributed by atoms with Crippen molar-refractivity contribution in [3.05, 3.63) is 69.9 Å². The highest BCUT2D eigenvalue weighted by Gasteiger charge is 2.22. The maximum atomic E-state index is 13.2. The van der Waals surface area contributed by atoms with E-state index in [1.807, 2.05) is 17.5 Å². The molecule has 0 aliphatic rings. The Morgan fingerprint density at radius 2 is 1.82 bits per heavy atom. The van der Waals surface area contributed by atoms with Crippen molar-refractivity contribution in [2.75, 3.05) is 19.5 Å². The van der Waals surface area contributed by atoms with E-state index in [1.54, 1.807) is 25.1 Å². The number of guanidine groups is 1. The SMILES string of the molecule is COc1ccc(CC(=O)NC(N)=N[C@H](Cc2cccs2)C(=O)Nc2cc(S(N)(=O)=O)ccc2C)cc1OC. The molecule has 3 rings (SSSR count). The number of ether oxygens (including phenoxy) is 2. The first-order chi connectivity index (χ1) is 18.0. The Morgan fingerprint density at radius 3 is 2.45 bits per heavy atom. The summed E-state index contributed by atoms with van der Waals surface area (Å²) in [6.07, 6.45) is 0.196. The van der Waals surface area contributed by atoms with Gasteiger partial charge in [-0.25, -0.2) is 18.5 Å². The van der Waals surface area contributed by atoms with Crippen LogP contribution >= 0.6 is 11.3 Å². The number of thiophene rings is 1. The van der Waals surface area contributed by atoms with Gasteiger partial charge in [0.2, 0.25) is 21.8 Å². The number of hydrogen-bond acceptors (Lipinski definition) is 8. The maximum absolute atomic E-state index is 13.2. The number of nitrogens with zero attached hydrogens (tertiary/aromatic N) is 1. The summed E-state index contributed by atoms with van der Waals surface area (Å²) in [6.45, 7) is 1.71. The van der Waals surface area contributed by atoms with Gasteiger partial charge in [-0.3, -0.25) is 14.9 Å². The van der Waals surface area contributed by atoms with E-state index in [2.05, 4.69) is 15.6 Å². The summed E-state index contributed by atoms with van der Waals surface area (Å²) < 4.78 is 34.0. The van der Waals surface area contributed by atoms with Gasteiger partial charge in [-0.05, 0) is 53.8 Å². The predicted molar refractivity (Wildman–Crippen MR) is 146 cm³/mol. The normalized spacial score (nSPS) is 12.5. The highest BCUT2D eigenvalue weighted by molar-refractivity contribution is 7.89. The average Bonchev–Trinajstić information content (AvgIpc) is 3.37. The van der Waals surface area contributed by atoms with Gasteiger partial charge in [0.1, 0.15) is 6.04 Å². The van der Waals surface area contributed by atoms with Gasteiger partial charge in [-0.15, -0.1) is 11.3 Å². The van der Waals surface area contributed by atoms with Crippen molar-refractivity contribution in [2.24, 2.45) is 15.9 Å². The Bertz CT molecular complexity index is 1440. The minimum atomic E-state index is -3.97. The van der Waals surface area contributed by atoms with Gasteiger partial charge in [0.15, 0.2) is 17.5 Å². The van der Waals surface area contributed by atoms with Gasteiger partial charge in [-0.2, -0.15) is 0 Å². The molecule has 0 saturated heterocycles. The molecule has 1 aromatic heterocycles. The van der Waals surface area contributed by atoms with Crippen LogP contribution in [-0.4, -0.2) is 46.5 Å². The largest absolute Gasteiger partial charge is 0.493 e. The summed E-state index contributed by atoms with van der Waals surface area (Å²) in [5, 5.41) is 12.3. The van der Waals surface area contributed by atoms with Crippen molar-refractivity contribution in [3.8, 4) is 11.5 Å². The van der Waals surface area contributed by atoms with E-state index >= 15 is 0 Å². The number of sulfonamides is 1. The van der Waals surface area contributed by atoms with Crippen LogP contribution in [-0.2, 0) is 32.5 Å². The lowest BCUT2D eigenvalue weighted by molar-refractivity contribution is -0.119. The van der Waals surface area contributed by atoms with Crippen molar-refractivity contribution in [1.29, 1.82) is 0 Å². The van der Waals surface area contributed by atoms with Gasteiger partial charge >= 0.3 is 0 Å². The second kappa shape index (κ2) is 12.5. The minimum Gasteiger partial charge on any atom is -0.493 e. The summed E-state index contributed by atoms with van der Waals surface area (Å²) in [5.74, 6) is -0.197. The second-order valence-corrected chi connectivity index (χ2v) is 10.8. The van der Waals surface area contributed by atoms with Crippen LogP contribution in [0.15, 0.2) is 63.8 Å². The fourth-order valence-electron chi connectivity index (χ4n) is 3.51. The predicted octanol–water partition coefficient (Wildman–Crippen LogP) is 1.94. The van der Waals surface area contributed by atoms with E-state index in [0.29, 0.717) is 22.6 Å². The van der Waals surface area contributed by atoms with Gasteiger partial charge in [0, 0.05) is 17.0 Å². The summed E-state index contributed by atoms with van der Waals surface area (Å²) in [7, 11) is -0.952. The lowest BCUT2D eigenvalue weighted by Crippen LogP contribution is -2.40. The molecule has 0 saturated carbocycles. The Labute approximate surface area is 224 Å². The molecule has 2 aromatic carbocycles. The lowest BCUT2D eigenvalue weighted by Gasteiger charge is -2.16. The van der Waals surface area contributed by atoms with Crippen molar-refractivity contribution >= 4 is 44.8 Å². The number of rotatable bonds is 10. The van der Waals surface area contributed by atoms with Gasteiger partial charge in [-0.1, -0.05) is 18.2 Å². The smallest absolute Gasteiger partial charge is 0.249 e. The third-order valence-corrected chi connectivity index (χ3v) is 7.26. The number of nitrogens with one attached hydrogen (secondary N) is 2. The quantitative estimate of drug-likeness (QED) is 0.217. The first-order valence-corrected chi connectivity index (χ1v) is 13.7. The number of carbonyl (C=O) groups excluding carboxylic acids is 2. The van der Waals surface area contributed by atoms with Gasteiger partial charge < -0.3 is 20.5 Å². The Morgan fingerprint density at radius 1 is 1.08 bits per heavy atom. The average molecular weight is 560 g/mol. The van der Waals surface area contributed by atoms with E-state index in [-0.39, 0.29) is 29.4 Å². The third-order valence-electron chi connectivity index (χ3n) is 5.45. The first-order valence-electron chi connectivity index (χ1n) is 11.3. The number of benzene rings is 2. The molecule has 202 valence electrons. The number of aryl methyl sites for hydroxylation is 1. The molecule has 0 spiro atoms. The molecular formula is C25H29N5O6S2. The topological polar surface area (TPSA) is 175 Å². The monoisotopic (exact) mass is 559 g/mol. The van der Waals surface area contributed by atoms with E-state index in [4.69, 9.17) is 20.3 Å². The van der Waals surface area contributed by atoms with Crippen LogP contribution in [0.3, 0.4) is 0 Å². The molecule has 0 radical (unpaired) electrons. The molecule has 0 aliphatic carbocycles. The molecule has 3 aromatic rings. The Balaban J connectivity index is 1.78. The van der Waals surface area contributed by atoms with Crippen molar-refractivity contribution in [3.63, 3.8) is 0 Å². The zero-order valence-corrected chi connectivity index (χ0v) is 22.7. The fourth-order valence-corrected chi connectivity index (χ4v) is 4.79. The zero-order chi connectivity index (χ0) is 27.9. The van der Waals surface area contributed by atoms with Crippen molar-refractivity contribution < 1.29 is 27.5 Å². The number of nitrogens with two attached hydrogens (primary N) is 2. The number of methoxy groups -OCH3 is 2. The van der Waals surface area contributed by atoms with Crippen LogP contribution in [0, 0.1) is 6.92 Å². The number of aliphatic imine (C=N–C) groups is 1. The molecule has 13 heteroatoms. The highest BCUT2D eigenvalue weighted by atomic mass is 32.2. The molecule has 0 aliphatic heterocycles. The number of hydrogen-bond donors (Lipinski definition) is 4. The summed E-state index contributed by atoms with van der Waals surface area (Å²) in [5.41, 5.74) is 7.55. The summed E-state index contributed by atoms with van der Waals surface area (Å²) in [4.78, 5) is 30.8. The molecule has 1 atom stereocenters. The van der Waals surface area contributed by atoms with Gasteiger partial charge in [0.05, 0.1) is 25.5 Å². The first kappa shape index (κ1) is 28.6. The Hall–Kier alpha value is -3.94. The minimum absolute atomic E-state index is 0.0160. The molecular weight excluding hydrogens is 530 g/mol. The van der Waals surface area contributed by atoms with E-state index in [9.17, 15) is 18.0 Å². The number of carbonyl (C=O) groups is 2. The standard InChI is InChI=1S/C25H29N5O6S2/c1-15-6-8-18(38(27,33)34)14-19(15)28-24(32)20(13-17-5-4-10-37-17)29-25(26)30-23(31)12-16-7-9-21(35-2)22(11-16)36-3/h4-11,14,20H,12-13H2,1-3H3,(H,28,32)(H2,27,33,34)(H3,26,29,30,31)/t20-/m1/s1. The van der Waals surface area contributed by atoms with Crippen LogP contribution in [0.2, 0.25) is 0 Å². The molecule has 1 heterocycles. The van der Waals surface area contributed by atoms with Crippen LogP contribution in [0.4, 0.5) is 5.69 Å². The lowest BCUT2D eigenvalue weighted by atomic mass is 10.1. The van der Waals surface area contributed by atoms with Crippen LogP contribution < -0.4 is 31.0 Å². The molecule has 0 bridgehead atoms. The number of primary sulfonamides is 1. The third kappa shape index (κ3) is 7.78. The van der Waals surface area contributed by atoms with E-state index in [1.165, 1.54) is 43.8 Å². The Kier molecular flexibility index (Phi) is 9.45. The zero-order valence-electron chi connectivity index (χ0n) is 21.1. The molecule has 0 unspecified atom stereocenters. The van der Waals surface area contributed by atoms with Crippen LogP contribution in [0.1, 0.15) is 16.0 Å². The van der Waals surface area contributed by atoms with E-state index in [0.717, 1.165) is 4.88 Å². The van der Waals surface area contributed by atoms with Crippen molar-refractivity contribution in [2.45, 2.75) is 30.7 Å². The van der Waals surface area contributed by atoms with Crippen molar-refractivity contribution in [1.82, 2.24) is 5.32 Å². The molecule has 0 fully saturated rings. The second-order valence-electron chi connectivity index (χ2n) is 8.24. The fraction of sp³-hybridized carbons (Fsp3) is 0.240. The van der Waals surface area contributed by atoms with Crippen LogP contribution in [0.5, 0.6) is 11.5 Å². The molecule has 38 heavy (non-hydrogen) atoms. The number of anilines is 1. The molecule has 2 amide bonds. The molecule has 11 nitrogen and oxygen atoms in total. The highest BCUT2D eigenvalue weighted by Crippen LogP contribution is 2.27.